The molecular formula is C16H16Br2FN. The maximum absolute atomic E-state index is 13.6. The fraction of sp³-hybridized carbons (Fsp3) is 0.250. The molecule has 0 fully saturated rings. The van der Waals surface area contributed by atoms with E-state index in [-0.39, 0.29) is 11.9 Å². The van der Waals surface area contributed by atoms with Gasteiger partial charge in [0.15, 0.2) is 0 Å². The molecule has 0 aliphatic carbocycles. The summed E-state index contributed by atoms with van der Waals surface area (Å²) in [5, 5.41) is 3.48. The van der Waals surface area contributed by atoms with Gasteiger partial charge in [0.2, 0.25) is 0 Å². The normalized spacial score (nSPS) is 12.4. The van der Waals surface area contributed by atoms with Crippen LogP contribution in [0, 0.1) is 5.82 Å². The van der Waals surface area contributed by atoms with E-state index in [4.69, 9.17) is 0 Å². The highest BCUT2D eigenvalue weighted by Crippen LogP contribution is 2.30. The summed E-state index contributed by atoms with van der Waals surface area (Å²) in [7, 11) is 0. The molecule has 0 aliphatic rings. The minimum Gasteiger partial charge on any atom is -0.306 e. The van der Waals surface area contributed by atoms with Crippen LogP contribution in [0.5, 0.6) is 0 Å². The number of hydrogen-bond acceptors (Lipinski definition) is 1. The lowest BCUT2D eigenvalue weighted by Gasteiger charge is -2.21. The molecule has 1 nitrogen and oxygen atoms in total. The van der Waals surface area contributed by atoms with Gasteiger partial charge in [0, 0.05) is 8.95 Å². The van der Waals surface area contributed by atoms with Gasteiger partial charge in [-0.05, 0) is 54.4 Å². The summed E-state index contributed by atoms with van der Waals surface area (Å²) in [6, 6.07) is 12.9. The zero-order valence-electron chi connectivity index (χ0n) is 11.2. The number of nitrogens with one attached hydrogen (secondary N) is 1. The van der Waals surface area contributed by atoms with Crippen molar-refractivity contribution in [3.05, 3.63) is 68.4 Å². The van der Waals surface area contributed by atoms with Gasteiger partial charge < -0.3 is 5.32 Å². The molecule has 2 aromatic carbocycles. The molecule has 0 bridgehead atoms. The van der Waals surface area contributed by atoms with Crippen LogP contribution in [-0.2, 0) is 0 Å². The van der Waals surface area contributed by atoms with E-state index >= 15 is 0 Å². The lowest BCUT2D eigenvalue weighted by atomic mass is 9.98. The Morgan fingerprint density at radius 2 is 1.80 bits per heavy atom. The molecule has 1 N–H and O–H groups in total. The van der Waals surface area contributed by atoms with Crippen molar-refractivity contribution >= 4 is 31.9 Å². The first kappa shape index (κ1) is 15.7. The minimum absolute atomic E-state index is 0.0203. The number of halogens is 3. The van der Waals surface area contributed by atoms with E-state index in [1.165, 1.54) is 6.07 Å². The number of hydrogen-bond donors (Lipinski definition) is 1. The average molecular weight is 401 g/mol. The van der Waals surface area contributed by atoms with Crippen LogP contribution in [0.25, 0.3) is 0 Å². The molecule has 106 valence electrons. The summed E-state index contributed by atoms with van der Waals surface area (Å²) in [6.45, 7) is 3.00. The van der Waals surface area contributed by atoms with Gasteiger partial charge in [-0.1, -0.05) is 50.9 Å². The van der Waals surface area contributed by atoms with Gasteiger partial charge in [-0.3, -0.25) is 0 Å². The van der Waals surface area contributed by atoms with Gasteiger partial charge in [-0.15, -0.1) is 0 Å². The molecular weight excluding hydrogens is 385 g/mol. The Hall–Kier alpha value is -0.710. The lowest BCUT2D eigenvalue weighted by Crippen LogP contribution is -2.23. The standard InChI is InChI=1S/C16H16Br2FN/c1-2-9-20-16(11-3-5-12(17)6-4-11)14-10-13(19)7-8-15(14)18/h3-8,10,16,20H,2,9H2,1H3. The van der Waals surface area contributed by atoms with E-state index in [0.29, 0.717) is 0 Å². The molecule has 1 atom stereocenters. The minimum atomic E-state index is -0.219. The summed E-state index contributed by atoms with van der Waals surface area (Å²) < 4.78 is 15.5. The Morgan fingerprint density at radius 3 is 2.45 bits per heavy atom. The SMILES string of the molecule is CCCNC(c1ccc(Br)cc1)c1cc(F)ccc1Br. The maximum Gasteiger partial charge on any atom is 0.123 e. The van der Waals surface area contributed by atoms with Crippen molar-refractivity contribution in [2.24, 2.45) is 0 Å². The largest absolute Gasteiger partial charge is 0.306 e. The predicted octanol–water partition coefficient (Wildman–Crippen LogP) is 5.44. The third-order valence-electron chi connectivity index (χ3n) is 3.07. The summed E-state index contributed by atoms with van der Waals surface area (Å²) >= 11 is 6.96. The second-order valence-electron chi connectivity index (χ2n) is 4.60. The third kappa shape index (κ3) is 3.90. The van der Waals surface area contributed by atoms with Gasteiger partial charge in [-0.2, -0.15) is 0 Å². The van der Waals surface area contributed by atoms with Crippen LogP contribution in [0.15, 0.2) is 51.4 Å². The van der Waals surface area contributed by atoms with E-state index in [0.717, 1.165) is 33.0 Å². The summed E-state index contributed by atoms with van der Waals surface area (Å²) in [6.07, 6.45) is 1.03. The summed E-state index contributed by atoms with van der Waals surface area (Å²) in [5.41, 5.74) is 2.04. The Bertz CT molecular complexity index is 569. The van der Waals surface area contributed by atoms with E-state index < -0.39 is 0 Å². The van der Waals surface area contributed by atoms with Gasteiger partial charge >= 0.3 is 0 Å². The molecule has 1 unspecified atom stereocenters. The number of benzene rings is 2. The fourth-order valence-corrected chi connectivity index (χ4v) is 2.83. The molecule has 2 rings (SSSR count). The first-order valence-electron chi connectivity index (χ1n) is 6.55. The highest BCUT2D eigenvalue weighted by Gasteiger charge is 2.16. The van der Waals surface area contributed by atoms with E-state index in [1.54, 1.807) is 12.1 Å². The van der Waals surface area contributed by atoms with Crippen LogP contribution >= 0.6 is 31.9 Å². The molecule has 20 heavy (non-hydrogen) atoms. The Morgan fingerprint density at radius 1 is 1.10 bits per heavy atom. The monoisotopic (exact) mass is 399 g/mol. The third-order valence-corrected chi connectivity index (χ3v) is 4.32. The van der Waals surface area contributed by atoms with Crippen molar-refractivity contribution in [2.45, 2.75) is 19.4 Å². The highest BCUT2D eigenvalue weighted by molar-refractivity contribution is 9.10. The molecule has 0 heterocycles. The average Bonchev–Trinajstić information content (AvgIpc) is 2.44. The molecule has 0 aliphatic heterocycles. The van der Waals surface area contributed by atoms with Crippen molar-refractivity contribution in [1.82, 2.24) is 5.32 Å². The van der Waals surface area contributed by atoms with E-state index in [1.807, 2.05) is 12.1 Å². The first-order valence-corrected chi connectivity index (χ1v) is 8.14. The zero-order chi connectivity index (χ0) is 14.5. The molecule has 0 saturated carbocycles. The van der Waals surface area contributed by atoms with E-state index in [9.17, 15) is 4.39 Å². The second-order valence-corrected chi connectivity index (χ2v) is 6.37. The smallest absolute Gasteiger partial charge is 0.123 e. The predicted molar refractivity (Wildman–Crippen MR) is 88.4 cm³/mol. The lowest BCUT2D eigenvalue weighted by molar-refractivity contribution is 0.583. The van der Waals surface area contributed by atoms with Crippen LogP contribution in [0.1, 0.15) is 30.5 Å². The molecule has 2 aromatic rings. The Balaban J connectivity index is 2.41. The molecule has 0 radical (unpaired) electrons. The van der Waals surface area contributed by atoms with Gasteiger partial charge in [0.1, 0.15) is 5.82 Å². The van der Waals surface area contributed by atoms with E-state index in [2.05, 4.69) is 56.2 Å². The Labute approximate surface area is 135 Å². The quantitative estimate of drug-likeness (QED) is 0.704. The van der Waals surface area contributed by atoms with Crippen molar-refractivity contribution in [2.75, 3.05) is 6.54 Å². The van der Waals surface area contributed by atoms with Crippen LogP contribution < -0.4 is 5.32 Å². The first-order chi connectivity index (χ1) is 9.61. The zero-order valence-corrected chi connectivity index (χ0v) is 14.3. The summed E-state index contributed by atoms with van der Waals surface area (Å²) in [5.74, 6) is -0.219. The van der Waals surface area contributed by atoms with Gasteiger partial charge in [0.25, 0.3) is 0 Å². The summed E-state index contributed by atoms with van der Waals surface area (Å²) in [4.78, 5) is 0. The fourth-order valence-electron chi connectivity index (χ4n) is 2.09. The van der Waals surface area contributed by atoms with Crippen LogP contribution in [-0.4, -0.2) is 6.54 Å². The van der Waals surface area contributed by atoms with Crippen LogP contribution in [0.3, 0.4) is 0 Å². The molecule has 0 saturated heterocycles. The van der Waals surface area contributed by atoms with Crippen molar-refractivity contribution in [1.29, 1.82) is 0 Å². The van der Waals surface area contributed by atoms with Crippen molar-refractivity contribution in [3.8, 4) is 0 Å². The molecule has 0 amide bonds. The van der Waals surface area contributed by atoms with Gasteiger partial charge in [-0.25, -0.2) is 4.39 Å². The maximum atomic E-state index is 13.6. The molecule has 0 aromatic heterocycles. The van der Waals surface area contributed by atoms with Crippen molar-refractivity contribution < 1.29 is 4.39 Å². The topological polar surface area (TPSA) is 12.0 Å². The van der Waals surface area contributed by atoms with Gasteiger partial charge in [0.05, 0.1) is 6.04 Å². The second kappa shape index (κ2) is 7.34. The number of rotatable bonds is 5. The van der Waals surface area contributed by atoms with Crippen LogP contribution in [0.2, 0.25) is 0 Å². The molecule has 4 heteroatoms. The molecule has 0 spiro atoms. The van der Waals surface area contributed by atoms with Crippen molar-refractivity contribution in [3.63, 3.8) is 0 Å². The van der Waals surface area contributed by atoms with Crippen LogP contribution in [0.4, 0.5) is 4.39 Å². The highest BCUT2D eigenvalue weighted by atomic mass is 79.9. The Kier molecular flexibility index (Phi) is 5.75.